The molecule has 3 aliphatic rings. The van der Waals surface area contributed by atoms with Crippen molar-refractivity contribution in [1.82, 2.24) is 9.80 Å². The van der Waals surface area contributed by atoms with E-state index in [1.807, 2.05) is 47.4 Å². The van der Waals surface area contributed by atoms with Crippen LogP contribution < -0.4 is 14.8 Å². The first-order valence-corrected chi connectivity index (χ1v) is 11.5. The van der Waals surface area contributed by atoms with E-state index in [4.69, 9.17) is 9.47 Å². The SMILES string of the molecule is O=C(Nc1ccc2c(c1)OCO2)C1CCN([C@H](C(=O)N2CCCC2)c2ccccc2)CC1. The van der Waals surface area contributed by atoms with E-state index in [0.717, 1.165) is 57.4 Å². The molecule has 1 atom stereocenters. The van der Waals surface area contributed by atoms with Crippen molar-refractivity contribution in [2.45, 2.75) is 31.7 Å². The van der Waals surface area contributed by atoms with Gasteiger partial charge in [0.1, 0.15) is 6.04 Å². The maximum absolute atomic E-state index is 13.4. The summed E-state index contributed by atoms with van der Waals surface area (Å²) in [4.78, 5) is 30.5. The van der Waals surface area contributed by atoms with Gasteiger partial charge in [-0.2, -0.15) is 0 Å². The molecule has 0 radical (unpaired) electrons. The average Bonchev–Trinajstić information content (AvgIpc) is 3.52. The molecule has 3 aliphatic heterocycles. The molecular weight excluding hydrogens is 406 g/mol. The number of nitrogens with one attached hydrogen (secondary N) is 1. The Bertz CT molecular complexity index is 966. The highest BCUT2D eigenvalue weighted by atomic mass is 16.7. The van der Waals surface area contributed by atoms with Gasteiger partial charge in [0.25, 0.3) is 0 Å². The average molecular weight is 436 g/mol. The minimum Gasteiger partial charge on any atom is -0.454 e. The van der Waals surface area contributed by atoms with E-state index in [1.165, 1.54) is 0 Å². The topological polar surface area (TPSA) is 71.1 Å². The third-order valence-electron chi connectivity index (χ3n) is 6.67. The van der Waals surface area contributed by atoms with Crippen LogP contribution in [0.5, 0.6) is 11.5 Å². The Balaban J connectivity index is 1.23. The van der Waals surface area contributed by atoms with Gasteiger partial charge in [-0.25, -0.2) is 0 Å². The number of amides is 2. The number of anilines is 1. The van der Waals surface area contributed by atoms with Crippen LogP contribution in [0.15, 0.2) is 48.5 Å². The van der Waals surface area contributed by atoms with Gasteiger partial charge < -0.3 is 19.7 Å². The largest absolute Gasteiger partial charge is 0.454 e. The molecule has 2 fully saturated rings. The molecule has 5 rings (SSSR count). The monoisotopic (exact) mass is 435 g/mol. The van der Waals surface area contributed by atoms with E-state index in [9.17, 15) is 9.59 Å². The Kier molecular flexibility index (Phi) is 5.99. The third kappa shape index (κ3) is 4.30. The van der Waals surface area contributed by atoms with Crippen LogP contribution in [0.4, 0.5) is 5.69 Å². The summed E-state index contributed by atoms with van der Waals surface area (Å²) in [6, 6.07) is 15.2. The molecule has 2 saturated heterocycles. The Morgan fingerprint density at radius 1 is 0.906 bits per heavy atom. The number of piperidine rings is 1. The minimum absolute atomic E-state index is 0.0191. The Morgan fingerprint density at radius 2 is 1.62 bits per heavy atom. The molecule has 7 nitrogen and oxygen atoms in total. The van der Waals surface area contributed by atoms with E-state index in [1.54, 1.807) is 6.07 Å². The summed E-state index contributed by atoms with van der Waals surface area (Å²) in [5, 5.41) is 3.02. The molecule has 7 heteroatoms. The number of carbonyl (C=O) groups excluding carboxylic acids is 2. The van der Waals surface area contributed by atoms with Crippen molar-refractivity contribution in [2.24, 2.45) is 5.92 Å². The van der Waals surface area contributed by atoms with Crippen LogP contribution in [-0.4, -0.2) is 54.6 Å². The zero-order valence-electron chi connectivity index (χ0n) is 18.2. The third-order valence-corrected chi connectivity index (χ3v) is 6.67. The van der Waals surface area contributed by atoms with Gasteiger partial charge in [0.15, 0.2) is 11.5 Å². The number of ether oxygens (including phenoxy) is 2. The normalized spacial score (nSPS) is 19.7. The van der Waals surface area contributed by atoms with E-state index in [0.29, 0.717) is 17.2 Å². The summed E-state index contributed by atoms with van der Waals surface area (Å²) < 4.78 is 10.7. The number of fused-ring (bicyclic) bond motifs is 1. The standard InChI is InChI=1S/C25H29N3O4/c29-24(26-20-8-9-21-22(16-20)32-17-31-21)19-10-14-27(15-11-19)23(18-6-2-1-3-7-18)25(30)28-12-4-5-13-28/h1-3,6-9,16,19,23H,4-5,10-15,17H2,(H,26,29)/t23-/m0/s1. The number of benzene rings is 2. The Hall–Kier alpha value is -3.06. The van der Waals surface area contributed by atoms with Gasteiger partial charge in [0.2, 0.25) is 18.6 Å². The van der Waals surface area contributed by atoms with Crippen molar-refractivity contribution >= 4 is 17.5 Å². The summed E-state index contributed by atoms with van der Waals surface area (Å²) >= 11 is 0. The smallest absolute Gasteiger partial charge is 0.244 e. The highest BCUT2D eigenvalue weighted by molar-refractivity contribution is 5.93. The molecule has 2 aromatic rings. The summed E-state index contributed by atoms with van der Waals surface area (Å²) in [5.74, 6) is 1.49. The number of nitrogens with zero attached hydrogens (tertiary/aromatic N) is 2. The van der Waals surface area contributed by atoms with Crippen molar-refractivity contribution < 1.29 is 19.1 Å². The molecule has 0 unspecified atom stereocenters. The number of hydrogen-bond acceptors (Lipinski definition) is 5. The molecule has 0 aromatic heterocycles. The van der Waals surface area contributed by atoms with Gasteiger partial charge >= 0.3 is 0 Å². The number of carbonyl (C=O) groups is 2. The number of hydrogen-bond donors (Lipinski definition) is 1. The highest BCUT2D eigenvalue weighted by Crippen LogP contribution is 2.35. The molecule has 1 N–H and O–H groups in total. The second-order valence-corrected chi connectivity index (χ2v) is 8.71. The van der Waals surface area contributed by atoms with E-state index < -0.39 is 0 Å². The van der Waals surface area contributed by atoms with Crippen LogP contribution in [-0.2, 0) is 9.59 Å². The van der Waals surface area contributed by atoms with Crippen molar-refractivity contribution in [3.8, 4) is 11.5 Å². The van der Waals surface area contributed by atoms with Crippen LogP contribution in [0.25, 0.3) is 0 Å². The molecule has 0 spiro atoms. The lowest BCUT2D eigenvalue weighted by Crippen LogP contribution is -2.46. The first-order chi connectivity index (χ1) is 15.7. The maximum Gasteiger partial charge on any atom is 0.244 e. The fourth-order valence-electron chi connectivity index (χ4n) is 4.89. The van der Waals surface area contributed by atoms with Gasteiger partial charge in [0, 0.05) is 30.8 Å². The zero-order chi connectivity index (χ0) is 21.9. The predicted octanol–water partition coefficient (Wildman–Crippen LogP) is 3.43. The molecule has 2 amide bonds. The lowest BCUT2D eigenvalue weighted by Gasteiger charge is -2.38. The lowest BCUT2D eigenvalue weighted by atomic mass is 9.93. The second-order valence-electron chi connectivity index (χ2n) is 8.71. The van der Waals surface area contributed by atoms with Crippen molar-refractivity contribution in [3.63, 3.8) is 0 Å². The quantitative estimate of drug-likeness (QED) is 0.779. The molecule has 0 aliphatic carbocycles. The van der Waals surface area contributed by atoms with Crippen molar-refractivity contribution in [2.75, 3.05) is 38.3 Å². The van der Waals surface area contributed by atoms with Crippen LogP contribution in [0.1, 0.15) is 37.3 Å². The van der Waals surface area contributed by atoms with E-state index >= 15 is 0 Å². The molecule has 3 heterocycles. The number of likely N-dealkylation sites (tertiary alicyclic amines) is 2. The fourth-order valence-corrected chi connectivity index (χ4v) is 4.89. The highest BCUT2D eigenvalue weighted by Gasteiger charge is 2.36. The molecule has 168 valence electrons. The minimum atomic E-state index is -0.271. The Labute approximate surface area is 188 Å². The van der Waals surface area contributed by atoms with E-state index in [2.05, 4.69) is 10.2 Å². The molecule has 2 aromatic carbocycles. The number of rotatable bonds is 5. The molecule has 0 bridgehead atoms. The first kappa shape index (κ1) is 20.8. The van der Waals surface area contributed by atoms with Crippen LogP contribution in [0.3, 0.4) is 0 Å². The van der Waals surface area contributed by atoms with Gasteiger partial charge in [0.05, 0.1) is 0 Å². The van der Waals surface area contributed by atoms with Crippen molar-refractivity contribution in [3.05, 3.63) is 54.1 Å². The summed E-state index contributed by atoms with van der Waals surface area (Å²) in [7, 11) is 0. The maximum atomic E-state index is 13.4. The molecule has 32 heavy (non-hydrogen) atoms. The molecular formula is C25H29N3O4. The van der Waals surface area contributed by atoms with Crippen LogP contribution in [0, 0.1) is 5.92 Å². The molecule has 0 saturated carbocycles. The Morgan fingerprint density at radius 3 is 2.38 bits per heavy atom. The van der Waals surface area contributed by atoms with Gasteiger partial charge in [-0.15, -0.1) is 0 Å². The summed E-state index contributed by atoms with van der Waals surface area (Å²) in [6.07, 6.45) is 3.62. The van der Waals surface area contributed by atoms with Gasteiger partial charge in [-0.1, -0.05) is 30.3 Å². The summed E-state index contributed by atoms with van der Waals surface area (Å²) in [6.45, 7) is 3.34. The van der Waals surface area contributed by atoms with Gasteiger partial charge in [-0.3, -0.25) is 14.5 Å². The fraction of sp³-hybridized carbons (Fsp3) is 0.440. The van der Waals surface area contributed by atoms with Gasteiger partial charge in [-0.05, 0) is 56.5 Å². The lowest BCUT2D eigenvalue weighted by molar-refractivity contribution is -0.137. The van der Waals surface area contributed by atoms with Crippen LogP contribution in [0.2, 0.25) is 0 Å². The van der Waals surface area contributed by atoms with Crippen LogP contribution >= 0.6 is 0 Å². The zero-order valence-corrected chi connectivity index (χ0v) is 18.2. The summed E-state index contributed by atoms with van der Waals surface area (Å²) in [5.41, 5.74) is 1.75. The second kappa shape index (κ2) is 9.20. The predicted molar refractivity (Wildman–Crippen MR) is 120 cm³/mol. The van der Waals surface area contributed by atoms with E-state index in [-0.39, 0.29) is 30.6 Å². The first-order valence-electron chi connectivity index (χ1n) is 11.5. The van der Waals surface area contributed by atoms with Crippen molar-refractivity contribution in [1.29, 1.82) is 0 Å².